The van der Waals surface area contributed by atoms with Gasteiger partial charge in [0.1, 0.15) is 10.7 Å². The second kappa shape index (κ2) is 8.92. The first kappa shape index (κ1) is 24.0. The van der Waals surface area contributed by atoms with Crippen molar-refractivity contribution in [3.05, 3.63) is 94.7 Å². The van der Waals surface area contributed by atoms with Crippen LogP contribution in [-0.2, 0) is 9.84 Å². The summed E-state index contributed by atoms with van der Waals surface area (Å²) >= 11 is -0.235. The average molecular weight is 507 g/mol. The maximum absolute atomic E-state index is 13.6. The lowest BCUT2D eigenvalue weighted by molar-refractivity contribution is -0.0328. The largest absolute Gasteiger partial charge is 0.446 e. The zero-order chi connectivity index (χ0) is 24.7. The van der Waals surface area contributed by atoms with Crippen LogP contribution >= 0.6 is 11.8 Å². The number of halogens is 3. The van der Waals surface area contributed by atoms with E-state index in [1.165, 1.54) is 36.4 Å². The molecular formula is C24H21F3N2O3S2. The first-order valence-electron chi connectivity index (χ1n) is 10.1. The van der Waals surface area contributed by atoms with Crippen LogP contribution in [0.4, 0.5) is 18.9 Å². The van der Waals surface area contributed by atoms with Gasteiger partial charge in [-0.2, -0.15) is 13.2 Å². The molecule has 0 bridgehead atoms. The van der Waals surface area contributed by atoms with Crippen molar-refractivity contribution in [2.75, 3.05) is 19.0 Å². The van der Waals surface area contributed by atoms with E-state index in [1.807, 2.05) is 25.1 Å². The monoisotopic (exact) mass is 506 g/mol. The number of thioether (sulfide) groups is 1. The lowest BCUT2D eigenvalue weighted by Gasteiger charge is -2.30. The Morgan fingerprint density at radius 3 is 2.21 bits per heavy atom. The number of sulfone groups is 1. The summed E-state index contributed by atoms with van der Waals surface area (Å²) in [4.78, 5) is 1.74. The highest BCUT2D eigenvalue weighted by molar-refractivity contribution is 8.00. The molecule has 0 spiro atoms. The summed E-state index contributed by atoms with van der Waals surface area (Å²) < 4.78 is 71.4. The van der Waals surface area contributed by atoms with Gasteiger partial charge in [0.15, 0.2) is 0 Å². The second-order valence-electron chi connectivity index (χ2n) is 7.81. The molecule has 1 atom stereocenters. The Kier molecular flexibility index (Phi) is 6.30. The summed E-state index contributed by atoms with van der Waals surface area (Å²) in [5, 5.41) is 0. The molecular weight excluding hydrogens is 485 g/mol. The third kappa shape index (κ3) is 4.74. The highest BCUT2D eigenvalue weighted by Gasteiger charge is 2.39. The molecule has 0 aliphatic carbocycles. The highest BCUT2D eigenvalue weighted by Crippen LogP contribution is 2.47. The number of hydrogen-bond donors (Lipinski definition) is 1. The number of fused-ring (bicyclic) bond motifs is 1. The third-order valence-electron chi connectivity index (χ3n) is 5.34. The first-order chi connectivity index (χ1) is 16.0. The molecule has 0 aromatic heterocycles. The van der Waals surface area contributed by atoms with Gasteiger partial charge in [-0.15, -0.1) is 0 Å². The molecule has 178 valence electrons. The topological polar surface area (TPSA) is 72.6 Å². The molecule has 2 N–H and O–H groups in total. The van der Waals surface area contributed by atoms with Gasteiger partial charge in [0, 0.05) is 36.3 Å². The van der Waals surface area contributed by atoms with E-state index < -0.39 is 21.3 Å². The Balaban J connectivity index is 1.89. The maximum Gasteiger partial charge on any atom is 0.446 e. The molecule has 5 nitrogen and oxygen atoms in total. The number of alkyl halides is 3. The number of hydrogen-bond acceptors (Lipinski definition) is 6. The second-order valence-corrected chi connectivity index (χ2v) is 10.9. The van der Waals surface area contributed by atoms with Crippen molar-refractivity contribution in [3.8, 4) is 5.75 Å². The third-order valence-corrected chi connectivity index (χ3v) is 7.99. The van der Waals surface area contributed by atoms with Gasteiger partial charge in [-0.3, -0.25) is 0 Å². The number of anilines is 1. The molecule has 3 aromatic rings. The van der Waals surface area contributed by atoms with Gasteiger partial charge in [0.25, 0.3) is 0 Å². The van der Waals surface area contributed by atoms with Crippen LogP contribution in [0.2, 0.25) is 0 Å². The first-order valence-corrected chi connectivity index (χ1v) is 12.4. The molecule has 0 saturated carbocycles. The van der Waals surface area contributed by atoms with Crippen LogP contribution in [-0.4, -0.2) is 28.0 Å². The van der Waals surface area contributed by atoms with Crippen LogP contribution in [0.15, 0.2) is 93.4 Å². The smallest absolute Gasteiger partial charge is 0.440 e. The average Bonchev–Trinajstić information content (AvgIpc) is 2.77. The lowest BCUT2D eigenvalue weighted by Crippen LogP contribution is -2.26. The van der Waals surface area contributed by atoms with E-state index in [0.717, 1.165) is 5.69 Å². The molecule has 1 heterocycles. The molecule has 0 radical (unpaired) electrons. The Morgan fingerprint density at radius 2 is 1.62 bits per heavy atom. The van der Waals surface area contributed by atoms with Crippen LogP contribution in [0.1, 0.15) is 17.0 Å². The van der Waals surface area contributed by atoms with Gasteiger partial charge in [0.05, 0.1) is 10.8 Å². The van der Waals surface area contributed by atoms with Crippen LogP contribution in [0.25, 0.3) is 0 Å². The zero-order valence-corrected chi connectivity index (χ0v) is 19.8. The van der Waals surface area contributed by atoms with E-state index in [9.17, 15) is 21.6 Å². The Labute approximate surface area is 199 Å². The van der Waals surface area contributed by atoms with E-state index in [2.05, 4.69) is 0 Å². The van der Waals surface area contributed by atoms with E-state index in [1.54, 1.807) is 30.3 Å². The van der Waals surface area contributed by atoms with Crippen molar-refractivity contribution in [2.45, 2.75) is 21.2 Å². The molecule has 10 heteroatoms. The van der Waals surface area contributed by atoms with Gasteiger partial charge in [-0.1, -0.05) is 36.4 Å². The molecule has 0 saturated heterocycles. The Hall–Kier alpha value is -3.11. The summed E-state index contributed by atoms with van der Waals surface area (Å²) in [6.45, 7) is 0. The Morgan fingerprint density at radius 1 is 0.971 bits per heavy atom. The SMILES string of the molecule is CN(C)c1ccc2c(c1)OC(N)=C(S(=O)(=O)c1ccccc1)C2c1ccc(SC(F)(F)F)cc1. The Bertz CT molecular complexity index is 1340. The number of allylic oxidation sites excluding steroid dienone is 1. The van der Waals surface area contributed by atoms with Crippen molar-refractivity contribution >= 4 is 27.3 Å². The van der Waals surface area contributed by atoms with Crippen molar-refractivity contribution in [2.24, 2.45) is 5.73 Å². The fourth-order valence-electron chi connectivity index (χ4n) is 3.79. The normalized spacial score (nSPS) is 16.1. The summed E-state index contributed by atoms with van der Waals surface area (Å²) in [5.41, 5.74) is 3.61. The molecule has 1 aliphatic heterocycles. The fourth-order valence-corrected chi connectivity index (χ4v) is 5.98. The van der Waals surface area contributed by atoms with Crippen LogP contribution < -0.4 is 15.4 Å². The van der Waals surface area contributed by atoms with E-state index in [0.29, 0.717) is 16.9 Å². The molecule has 1 unspecified atom stereocenters. The molecule has 1 aliphatic rings. The molecule has 3 aromatic carbocycles. The van der Waals surface area contributed by atoms with Crippen LogP contribution in [0, 0.1) is 0 Å². The lowest BCUT2D eigenvalue weighted by atomic mass is 9.88. The summed E-state index contributed by atoms with van der Waals surface area (Å²) in [5.74, 6) is -0.754. The number of nitrogens with zero attached hydrogens (tertiary/aromatic N) is 1. The summed E-state index contributed by atoms with van der Waals surface area (Å²) in [6, 6.07) is 18.7. The van der Waals surface area contributed by atoms with Gasteiger partial charge >= 0.3 is 5.51 Å². The van der Waals surface area contributed by atoms with E-state index in [4.69, 9.17) is 10.5 Å². The van der Waals surface area contributed by atoms with E-state index >= 15 is 0 Å². The zero-order valence-electron chi connectivity index (χ0n) is 18.2. The highest BCUT2D eigenvalue weighted by atomic mass is 32.2. The van der Waals surface area contributed by atoms with E-state index in [-0.39, 0.29) is 32.3 Å². The van der Waals surface area contributed by atoms with Gasteiger partial charge < -0.3 is 15.4 Å². The standard InChI is InChI=1S/C24H21F3N2O3S2/c1-29(2)16-10-13-19-20(14-16)32-23(28)22(34(30,31)18-6-4-3-5-7-18)21(19)15-8-11-17(12-9-15)33-24(25,26)27/h3-14,21H,28H2,1-2H3. The van der Waals surface area contributed by atoms with Crippen LogP contribution in [0.5, 0.6) is 5.75 Å². The summed E-state index contributed by atoms with van der Waals surface area (Å²) in [7, 11) is -0.381. The number of rotatable bonds is 5. The fraction of sp³-hybridized carbons (Fsp3) is 0.167. The minimum Gasteiger partial charge on any atom is -0.440 e. The molecule has 0 fully saturated rings. The van der Waals surface area contributed by atoms with Crippen molar-refractivity contribution in [1.82, 2.24) is 0 Å². The number of benzene rings is 3. The van der Waals surface area contributed by atoms with Gasteiger partial charge in [-0.05, 0) is 47.7 Å². The minimum atomic E-state index is -4.43. The number of nitrogens with two attached hydrogens (primary N) is 1. The quantitative estimate of drug-likeness (QED) is 0.462. The van der Waals surface area contributed by atoms with Crippen molar-refractivity contribution in [3.63, 3.8) is 0 Å². The predicted molar refractivity (Wildman–Crippen MR) is 126 cm³/mol. The molecule has 34 heavy (non-hydrogen) atoms. The molecule has 4 rings (SSSR count). The predicted octanol–water partition coefficient (Wildman–Crippen LogP) is 5.49. The molecule has 0 amide bonds. The van der Waals surface area contributed by atoms with Gasteiger partial charge in [-0.25, -0.2) is 8.42 Å². The van der Waals surface area contributed by atoms with Crippen molar-refractivity contribution < 1.29 is 26.3 Å². The van der Waals surface area contributed by atoms with Crippen LogP contribution in [0.3, 0.4) is 0 Å². The minimum absolute atomic E-state index is 0.00379. The van der Waals surface area contributed by atoms with Gasteiger partial charge in [0.2, 0.25) is 15.7 Å². The summed E-state index contributed by atoms with van der Waals surface area (Å²) in [6.07, 6.45) is 0. The number of ether oxygens (including phenoxy) is 1. The van der Waals surface area contributed by atoms with Crippen molar-refractivity contribution in [1.29, 1.82) is 0 Å². The maximum atomic E-state index is 13.6.